The highest BCUT2D eigenvalue weighted by atomic mass is 16.5. The Morgan fingerprint density at radius 2 is 1.93 bits per heavy atom. The first-order valence-corrected chi connectivity index (χ1v) is 10.3. The van der Waals surface area contributed by atoms with Gasteiger partial charge >= 0.3 is 5.97 Å². The average molecular weight is 413 g/mol. The van der Waals surface area contributed by atoms with E-state index in [1.165, 1.54) is 12.5 Å². The molecule has 3 rings (SSSR count). The summed E-state index contributed by atoms with van der Waals surface area (Å²) >= 11 is 0. The van der Waals surface area contributed by atoms with Crippen molar-refractivity contribution >= 4 is 11.9 Å². The second kappa shape index (κ2) is 10.0. The predicted molar refractivity (Wildman–Crippen MR) is 111 cm³/mol. The van der Waals surface area contributed by atoms with E-state index in [-0.39, 0.29) is 36.6 Å². The number of rotatable bonds is 7. The average Bonchev–Trinajstić information content (AvgIpc) is 2.74. The van der Waals surface area contributed by atoms with E-state index in [2.05, 4.69) is 10.4 Å². The minimum atomic E-state index is -0.720. The SMILES string of the molecule is CCOC(=O)c1nn(-c2ccccc2C)c(=O)cc1OCC(=O)NC1CCCCC1. The molecule has 8 heteroatoms. The first-order chi connectivity index (χ1) is 14.5. The van der Waals surface area contributed by atoms with E-state index in [0.717, 1.165) is 35.9 Å². The van der Waals surface area contributed by atoms with Crippen LogP contribution < -0.4 is 15.6 Å². The number of esters is 1. The van der Waals surface area contributed by atoms with Gasteiger partial charge in [0.2, 0.25) is 5.69 Å². The molecule has 0 atom stereocenters. The van der Waals surface area contributed by atoms with Crippen LogP contribution in [-0.4, -0.2) is 40.9 Å². The lowest BCUT2D eigenvalue weighted by molar-refractivity contribution is -0.124. The van der Waals surface area contributed by atoms with E-state index < -0.39 is 11.5 Å². The molecule has 1 heterocycles. The molecule has 0 bridgehead atoms. The molecule has 1 aromatic carbocycles. The normalized spacial score (nSPS) is 14.2. The Hall–Kier alpha value is -3.16. The topological polar surface area (TPSA) is 99.5 Å². The van der Waals surface area contributed by atoms with Gasteiger partial charge in [-0.25, -0.2) is 4.79 Å². The maximum Gasteiger partial charge on any atom is 0.362 e. The number of aryl methyl sites for hydroxylation is 1. The molecule has 0 spiro atoms. The highest BCUT2D eigenvalue weighted by Crippen LogP contribution is 2.19. The lowest BCUT2D eigenvalue weighted by Gasteiger charge is -2.22. The molecule has 1 aromatic heterocycles. The van der Waals surface area contributed by atoms with E-state index >= 15 is 0 Å². The monoisotopic (exact) mass is 413 g/mol. The molecule has 0 aliphatic heterocycles. The maximum atomic E-state index is 12.7. The summed E-state index contributed by atoms with van der Waals surface area (Å²) < 4.78 is 11.7. The summed E-state index contributed by atoms with van der Waals surface area (Å²) in [6, 6.07) is 8.51. The Kier molecular flexibility index (Phi) is 7.21. The van der Waals surface area contributed by atoms with Crippen molar-refractivity contribution in [2.24, 2.45) is 0 Å². The Bertz CT molecular complexity index is 963. The number of ether oxygens (including phenoxy) is 2. The quantitative estimate of drug-likeness (QED) is 0.701. The molecule has 1 aliphatic carbocycles. The number of hydrogen-bond donors (Lipinski definition) is 1. The number of benzene rings is 1. The van der Waals surface area contributed by atoms with Gasteiger partial charge in [0.1, 0.15) is 0 Å². The molecule has 30 heavy (non-hydrogen) atoms. The third-order valence-corrected chi connectivity index (χ3v) is 5.04. The first-order valence-electron chi connectivity index (χ1n) is 10.3. The Labute approximate surface area is 175 Å². The van der Waals surface area contributed by atoms with Gasteiger partial charge < -0.3 is 14.8 Å². The standard InChI is InChI=1S/C22H27N3O5/c1-3-29-22(28)21-18(30-14-19(26)23-16-10-5-4-6-11-16)13-20(27)25(24-21)17-12-8-7-9-15(17)2/h7-9,12-13,16H,3-6,10-11,14H2,1-2H3,(H,23,26). The van der Waals surface area contributed by atoms with Crippen LogP contribution in [0.3, 0.4) is 0 Å². The van der Waals surface area contributed by atoms with Crippen LogP contribution in [0.1, 0.15) is 55.1 Å². The number of nitrogens with zero attached hydrogens (tertiary/aromatic N) is 2. The number of hydrogen-bond acceptors (Lipinski definition) is 6. The van der Waals surface area contributed by atoms with Gasteiger partial charge in [0.25, 0.3) is 11.5 Å². The van der Waals surface area contributed by atoms with Crippen molar-refractivity contribution in [3.05, 3.63) is 51.9 Å². The lowest BCUT2D eigenvalue weighted by atomic mass is 9.95. The minimum Gasteiger partial charge on any atom is -0.481 e. The Balaban J connectivity index is 1.83. The Morgan fingerprint density at radius 3 is 2.63 bits per heavy atom. The molecular weight excluding hydrogens is 386 g/mol. The molecule has 0 saturated heterocycles. The largest absolute Gasteiger partial charge is 0.481 e. The van der Waals surface area contributed by atoms with Crippen molar-refractivity contribution in [3.8, 4) is 11.4 Å². The molecule has 8 nitrogen and oxygen atoms in total. The molecular formula is C22H27N3O5. The van der Waals surface area contributed by atoms with E-state index in [1.807, 2.05) is 19.1 Å². The minimum absolute atomic E-state index is 0.0675. The molecule has 0 radical (unpaired) electrons. The number of nitrogens with one attached hydrogen (secondary N) is 1. The van der Waals surface area contributed by atoms with E-state index in [9.17, 15) is 14.4 Å². The van der Waals surface area contributed by atoms with Gasteiger partial charge in [0.15, 0.2) is 12.4 Å². The zero-order valence-corrected chi connectivity index (χ0v) is 17.3. The summed E-state index contributed by atoms with van der Waals surface area (Å²) in [5.74, 6) is -1.08. The maximum absolute atomic E-state index is 12.7. The van der Waals surface area contributed by atoms with E-state index in [0.29, 0.717) is 5.69 Å². The van der Waals surface area contributed by atoms with Gasteiger partial charge in [0.05, 0.1) is 18.4 Å². The summed E-state index contributed by atoms with van der Waals surface area (Å²) in [6.45, 7) is 3.35. The molecule has 1 fully saturated rings. The molecule has 160 valence electrons. The number of aromatic nitrogens is 2. The summed E-state index contributed by atoms with van der Waals surface area (Å²) in [5.41, 5.74) is 0.752. The van der Waals surface area contributed by atoms with Crippen LogP contribution in [0.2, 0.25) is 0 Å². The van der Waals surface area contributed by atoms with Crippen LogP contribution >= 0.6 is 0 Å². The van der Waals surface area contributed by atoms with Crippen LogP contribution in [0, 0.1) is 6.92 Å². The van der Waals surface area contributed by atoms with Crippen molar-refractivity contribution in [1.29, 1.82) is 0 Å². The summed E-state index contributed by atoms with van der Waals surface area (Å²) in [6.07, 6.45) is 5.29. The van der Waals surface area contributed by atoms with Gasteiger partial charge in [-0.1, -0.05) is 37.5 Å². The third kappa shape index (κ3) is 5.25. The van der Waals surface area contributed by atoms with Gasteiger partial charge in [-0.3, -0.25) is 9.59 Å². The van der Waals surface area contributed by atoms with Crippen LogP contribution in [-0.2, 0) is 9.53 Å². The van der Waals surface area contributed by atoms with E-state index in [4.69, 9.17) is 9.47 Å². The number of carbonyl (C=O) groups is 2. The predicted octanol–water partition coefficient (Wildman–Crippen LogP) is 2.55. The first kappa shape index (κ1) is 21.5. The fourth-order valence-electron chi connectivity index (χ4n) is 3.52. The van der Waals surface area contributed by atoms with Crippen LogP contribution in [0.25, 0.3) is 5.69 Å². The molecule has 0 unspecified atom stereocenters. The molecule has 1 N–H and O–H groups in total. The molecule has 1 saturated carbocycles. The summed E-state index contributed by atoms with van der Waals surface area (Å²) in [4.78, 5) is 37.3. The highest BCUT2D eigenvalue weighted by Gasteiger charge is 2.22. The number of para-hydroxylation sites is 1. The number of amides is 1. The van der Waals surface area contributed by atoms with Crippen LogP contribution in [0.5, 0.6) is 5.75 Å². The van der Waals surface area contributed by atoms with Gasteiger partial charge in [-0.15, -0.1) is 0 Å². The van der Waals surface area contributed by atoms with Crippen LogP contribution in [0.15, 0.2) is 35.1 Å². The lowest BCUT2D eigenvalue weighted by Crippen LogP contribution is -2.39. The highest BCUT2D eigenvalue weighted by molar-refractivity contribution is 5.90. The molecule has 2 aromatic rings. The fraction of sp³-hybridized carbons (Fsp3) is 0.455. The van der Waals surface area contributed by atoms with Crippen LogP contribution in [0.4, 0.5) is 0 Å². The van der Waals surface area contributed by atoms with E-state index in [1.54, 1.807) is 19.1 Å². The van der Waals surface area contributed by atoms with Gasteiger partial charge in [-0.05, 0) is 38.3 Å². The second-order valence-corrected chi connectivity index (χ2v) is 7.31. The summed E-state index contributed by atoms with van der Waals surface area (Å²) in [5, 5.41) is 7.13. The second-order valence-electron chi connectivity index (χ2n) is 7.31. The van der Waals surface area contributed by atoms with Crippen molar-refractivity contribution in [1.82, 2.24) is 15.1 Å². The third-order valence-electron chi connectivity index (χ3n) is 5.04. The van der Waals surface area contributed by atoms with Crippen molar-refractivity contribution in [2.45, 2.75) is 52.0 Å². The van der Waals surface area contributed by atoms with Crippen molar-refractivity contribution in [2.75, 3.05) is 13.2 Å². The molecule has 1 aliphatic rings. The fourth-order valence-corrected chi connectivity index (χ4v) is 3.52. The summed E-state index contributed by atoms with van der Waals surface area (Å²) in [7, 11) is 0. The zero-order valence-electron chi connectivity index (χ0n) is 17.3. The Morgan fingerprint density at radius 1 is 1.20 bits per heavy atom. The zero-order chi connectivity index (χ0) is 21.5. The molecule has 1 amide bonds. The van der Waals surface area contributed by atoms with Gasteiger partial charge in [0, 0.05) is 6.04 Å². The van der Waals surface area contributed by atoms with Crippen molar-refractivity contribution in [3.63, 3.8) is 0 Å². The van der Waals surface area contributed by atoms with Gasteiger partial charge in [-0.2, -0.15) is 9.78 Å². The van der Waals surface area contributed by atoms with Crippen molar-refractivity contribution < 1.29 is 19.1 Å². The smallest absolute Gasteiger partial charge is 0.362 e. The number of carbonyl (C=O) groups excluding carboxylic acids is 2.